The Labute approximate surface area is 170 Å². The third-order valence-electron chi connectivity index (χ3n) is 4.74. The number of nitrogens with one attached hydrogen (secondary N) is 2. The molecule has 0 spiro atoms. The Morgan fingerprint density at radius 2 is 1.71 bits per heavy atom. The Balaban J connectivity index is 3.13. The quantitative estimate of drug-likeness (QED) is 0.620. The Hall–Kier alpha value is -2.24. The fourth-order valence-corrected chi connectivity index (χ4v) is 3.29. The molecule has 0 heterocycles. The second-order valence-corrected chi connectivity index (χ2v) is 7.76. The van der Waals surface area contributed by atoms with Crippen molar-refractivity contribution in [2.75, 3.05) is 30.9 Å². The Morgan fingerprint density at radius 1 is 1.07 bits per heavy atom. The molecule has 0 unspecified atom stereocenters. The molecule has 0 saturated carbocycles. The third kappa shape index (κ3) is 7.06. The van der Waals surface area contributed by atoms with Crippen LogP contribution in [0.15, 0.2) is 18.2 Å². The summed E-state index contributed by atoms with van der Waals surface area (Å²) in [7, 11) is 3.98. The smallest absolute Gasteiger partial charge is 0.319 e. The molecule has 2 N–H and O–H groups in total. The number of carbonyl (C=O) groups is 2. The molecule has 1 rings (SSSR count). The van der Waals surface area contributed by atoms with E-state index in [1.165, 1.54) is 0 Å². The zero-order valence-electron chi connectivity index (χ0n) is 18.6. The van der Waals surface area contributed by atoms with Gasteiger partial charge in [-0.2, -0.15) is 0 Å². The maximum Gasteiger partial charge on any atom is 0.319 e. The van der Waals surface area contributed by atoms with Crippen LogP contribution in [0.3, 0.4) is 0 Å². The molecule has 28 heavy (non-hydrogen) atoms. The van der Waals surface area contributed by atoms with Gasteiger partial charge in [0.1, 0.15) is 0 Å². The van der Waals surface area contributed by atoms with Gasteiger partial charge < -0.3 is 20.4 Å². The molecule has 0 aliphatic rings. The van der Waals surface area contributed by atoms with Crippen LogP contribution in [0.4, 0.5) is 16.2 Å². The lowest BCUT2D eigenvalue weighted by molar-refractivity contribution is -0.136. The highest BCUT2D eigenvalue weighted by atomic mass is 16.2. The fraction of sp³-hybridized carbons (Fsp3) is 0.636. The van der Waals surface area contributed by atoms with Crippen LogP contribution in [0.2, 0.25) is 0 Å². The van der Waals surface area contributed by atoms with Crippen molar-refractivity contribution >= 4 is 23.3 Å². The number of hydrogen-bond donors (Lipinski definition) is 2. The minimum atomic E-state index is -0.225. The van der Waals surface area contributed by atoms with Crippen molar-refractivity contribution in [1.82, 2.24) is 10.2 Å². The van der Waals surface area contributed by atoms with E-state index in [2.05, 4.69) is 31.4 Å². The predicted octanol–water partition coefficient (Wildman–Crippen LogP) is 4.46. The lowest BCUT2D eigenvalue weighted by Gasteiger charge is -2.28. The number of hydrogen-bond acceptors (Lipinski definition) is 3. The van der Waals surface area contributed by atoms with E-state index in [0.29, 0.717) is 6.54 Å². The van der Waals surface area contributed by atoms with E-state index in [-0.39, 0.29) is 23.9 Å². The summed E-state index contributed by atoms with van der Waals surface area (Å²) in [4.78, 5) is 29.1. The average Bonchev–Trinajstić information content (AvgIpc) is 2.61. The molecule has 0 aromatic heterocycles. The first-order chi connectivity index (χ1) is 13.2. The van der Waals surface area contributed by atoms with E-state index >= 15 is 0 Å². The minimum Gasteiger partial charge on any atom is -0.377 e. The van der Waals surface area contributed by atoms with Crippen molar-refractivity contribution < 1.29 is 9.59 Å². The van der Waals surface area contributed by atoms with E-state index < -0.39 is 0 Å². The van der Waals surface area contributed by atoms with Crippen LogP contribution in [-0.4, -0.2) is 43.5 Å². The summed E-state index contributed by atoms with van der Waals surface area (Å²) in [5.41, 5.74) is 2.80. The Kier molecular flexibility index (Phi) is 9.83. The van der Waals surface area contributed by atoms with E-state index in [4.69, 9.17) is 0 Å². The average molecular weight is 391 g/mol. The van der Waals surface area contributed by atoms with Gasteiger partial charge >= 0.3 is 6.03 Å². The maximum absolute atomic E-state index is 13.0. The van der Waals surface area contributed by atoms with Crippen molar-refractivity contribution in [1.29, 1.82) is 0 Å². The van der Waals surface area contributed by atoms with Crippen molar-refractivity contribution in [2.24, 2.45) is 5.92 Å². The monoisotopic (exact) mass is 390 g/mol. The molecule has 0 aliphatic carbocycles. The summed E-state index contributed by atoms with van der Waals surface area (Å²) in [6.07, 6.45) is 2.62. The van der Waals surface area contributed by atoms with E-state index in [1.54, 1.807) is 0 Å². The highest BCUT2D eigenvalue weighted by Gasteiger charge is 2.22. The maximum atomic E-state index is 13.0. The molecular formula is C22H38N4O2. The van der Waals surface area contributed by atoms with Crippen LogP contribution in [0, 0.1) is 5.92 Å². The second-order valence-electron chi connectivity index (χ2n) is 7.76. The number of amides is 3. The fourth-order valence-electron chi connectivity index (χ4n) is 3.29. The van der Waals surface area contributed by atoms with Crippen LogP contribution in [0.5, 0.6) is 0 Å². The van der Waals surface area contributed by atoms with Crippen molar-refractivity contribution in [2.45, 2.75) is 66.5 Å². The topological polar surface area (TPSA) is 64.7 Å². The van der Waals surface area contributed by atoms with Crippen LogP contribution < -0.4 is 15.5 Å². The van der Waals surface area contributed by atoms with E-state index in [9.17, 15) is 9.59 Å². The Bertz CT molecular complexity index is 639. The molecule has 0 atom stereocenters. The SMILES string of the molecule is CCCN(Cc1cc(NC(=O)NC(C)C)ccc1N(C)C)C(=O)C(CC)CC. The largest absolute Gasteiger partial charge is 0.377 e. The van der Waals surface area contributed by atoms with Crippen molar-refractivity contribution in [3.05, 3.63) is 23.8 Å². The van der Waals surface area contributed by atoms with Gasteiger partial charge in [-0.1, -0.05) is 20.8 Å². The zero-order valence-corrected chi connectivity index (χ0v) is 18.6. The van der Waals surface area contributed by atoms with Gasteiger partial charge in [0.05, 0.1) is 0 Å². The molecule has 0 saturated heterocycles. The highest BCUT2D eigenvalue weighted by Crippen LogP contribution is 2.26. The van der Waals surface area contributed by atoms with Gasteiger partial charge in [0.25, 0.3) is 0 Å². The summed E-state index contributed by atoms with van der Waals surface area (Å²) >= 11 is 0. The number of urea groups is 1. The number of nitrogens with zero attached hydrogens (tertiary/aromatic N) is 2. The second kappa shape index (κ2) is 11.6. The molecule has 0 radical (unpaired) electrons. The molecule has 0 fully saturated rings. The number of benzene rings is 1. The van der Waals surface area contributed by atoms with Gasteiger partial charge in [-0.25, -0.2) is 4.79 Å². The molecule has 158 valence electrons. The van der Waals surface area contributed by atoms with Crippen molar-refractivity contribution in [3.8, 4) is 0 Å². The summed E-state index contributed by atoms with van der Waals surface area (Å²) in [6.45, 7) is 11.3. The van der Waals surface area contributed by atoms with Gasteiger partial charge in [-0.15, -0.1) is 0 Å². The van der Waals surface area contributed by atoms with Gasteiger partial charge in [-0.05, 0) is 56.9 Å². The molecule has 0 bridgehead atoms. The highest BCUT2D eigenvalue weighted by molar-refractivity contribution is 5.90. The summed E-state index contributed by atoms with van der Waals surface area (Å²) in [5, 5.41) is 5.72. The lowest BCUT2D eigenvalue weighted by atomic mass is 10.0. The van der Waals surface area contributed by atoms with Gasteiger partial charge in [-0.3, -0.25) is 4.79 Å². The Morgan fingerprint density at radius 3 is 2.21 bits per heavy atom. The van der Waals surface area contributed by atoms with Crippen LogP contribution in [-0.2, 0) is 11.3 Å². The number of anilines is 2. The van der Waals surface area contributed by atoms with E-state index in [1.807, 2.05) is 55.9 Å². The number of rotatable bonds is 10. The van der Waals surface area contributed by atoms with Gasteiger partial charge in [0.15, 0.2) is 0 Å². The van der Waals surface area contributed by atoms with Crippen molar-refractivity contribution in [3.63, 3.8) is 0 Å². The lowest BCUT2D eigenvalue weighted by Crippen LogP contribution is -2.36. The molecule has 3 amide bonds. The normalized spacial score (nSPS) is 10.9. The molecule has 0 aliphatic heterocycles. The standard InChI is InChI=1S/C22H38N4O2/c1-8-13-26(21(27)17(9-2)10-3)15-18-14-19(11-12-20(18)25(6)7)24-22(28)23-16(4)5/h11-12,14,16-17H,8-10,13,15H2,1-7H3,(H2,23,24,28). The predicted molar refractivity (Wildman–Crippen MR) is 118 cm³/mol. The summed E-state index contributed by atoms with van der Waals surface area (Å²) in [6, 6.07) is 5.70. The molecule has 6 nitrogen and oxygen atoms in total. The third-order valence-corrected chi connectivity index (χ3v) is 4.74. The summed E-state index contributed by atoms with van der Waals surface area (Å²) in [5.74, 6) is 0.278. The minimum absolute atomic E-state index is 0.0625. The molecular weight excluding hydrogens is 352 g/mol. The van der Waals surface area contributed by atoms with Crippen LogP contribution >= 0.6 is 0 Å². The zero-order chi connectivity index (χ0) is 21.3. The summed E-state index contributed by atoms with van der Waals surface area (Å²) < 4.78 is 0. The van der Waals surface area contributed by atoms with Gasteiger partial charge in [0, 0.05) is 50.5 Å². The molecule has 1 aromatic carbocycles. The first kappa shape index (κ1) is 23.8. The first-order valence-electron chi connectivity index (χ1n) is 10.4. The van der Waals surface area contributed by atoms with Crippen LogP contribution in [0.25, 0.3) is 0 Å². The molecule has 6 heteroatoms. The molecule has 1 aromatic rings. The van der Waals surface area contributed by atoms with E-state index in [0.717, 1.165) is 42.7 Å². The van der Waals surface area contributed by atoms with Crippen LogP contribution in [0.1, 0.15) is 59.4 Å². The first-order valence-corrected chi connectivity index (χ1v) is 10.4. The van der Waals surface area contributed by atoms with Gasteiger partial charge in [0.2, 0.25) is 5.91 Å². The number of carbonyl (C=O) groups excluding carboxylic acids is 2.